The summed E-state index contributed by atoms with van der Waals surface area (Å²) in [5.74, 6) is -0.211. The number of aliphatic carboxylic acids is 1. The lowest BCUT2D eigenvalue weighted by Crippen LogP contribution is -2.05. The lowest BCUT2D eigenvalue weighted by atomic mass is 9.87. The fraction of sp³-hybridized carbons (Fsp3) is 0.688. The molecule has 0 heterocycles. The third-order valence-electron chi connectivity index (χ3n) is 2.89. The minimum absolute atomic E-state index is 0.427. The van der Waals surface area contributed by atoms with Crippen molar-refractivity contribution in [3.05, 3.63) is 23.8 Å². The number of carbonyl (C=O) groups is 1. The molecule has 1 unspecified atom stereocenters. The van der Waals surface area contributed by atoms with Crippen molar-refractivity contribution in [2.75, 3.05) is 0 Å². The van der Waals surface area contributed by atoms with E-state index in [2.05, 4.69) is 33.8 Å². The van der Waals surface area contributed by atoms with Gasteiger partial charge in [0.25, 0.3) is 0 Å². The Morgan fingerprint density at radius 2 is 1.94 bits per heavy atom. The summed E-state index contributed by atoms with van der Waals surface area (Å²) < 4.78 is 0. The van der Waals surface area contributed by atoms with Crippen LogP contribution < -0.4 is 0 Å². The van der Waals surface area contributed by atoms with Gasteiger partial charge in [0.15, 0.2) is 0 Å². The molecule has 2 nitrogen and oxygen atoms in total. The van der Waals surface area contributed by atoms with Gasteiger partial charge in [0.05, 0.1) is 0 Å². The summed E-state index contributed by atoms with van der Waals surface area (Å²) in [5.41, 5.74) is 1.22. The Bertz CT molecular complexity index is 306. The third kappa shape index (κ3) is 11.4. The predicted molar refractivity (Wildman–Crippen MR) is 77.6 cm³/mol. The average Bonchev–Trinajstić information content (AvgIpc) is 2.13. The van der Waals surface area contributed by atoms with Crippen LogP contribution >= 0.6 is 0 Å². The maximum Gasteiger partial charge on any atom is 0.328 e. The first-order chi connectivity index (χ1) is 8.20. The second-order valence-corrected chi connectivity index (χ2v) is 6.42. The summed E-state index contributed by atoms with van der Waals surface area (Å²) >= 11 is 0. The largest absolute Gasteiger partial charge is 0.478 e. The van der Waals surface area contributed by atoms with Crippen LogP contribution in [0.3, 0.4) is 0 Å². The van der Waals surface area contributed by atoms with Gasteiger partial charge in [0, 0.05) is 6.08 Å². The molecule has 0 aromatic heterocycles. The molecule has 2 heteroatoms. The first kappa shape index (κ1) is 16.9. The van der Waals surface area contributed by atoms with Gasteiger partial charge >= 0.3 is 5.97 Å². The molecular weight excluding hydrogens is 224 g/mol. The van der Waals surface area contributed by atoms with Crippen molar-refractivity contribution < 1.29 is 9.90 Å². The second-order valence-electron chi connectivity index (χ2n) is 6.42. The van der Waals surface area contributed by atoms with Crippen LogP contribution in [0.5, 0.6) is 0 Å². The summed E-state index contributed by atoms with van der Waals surface area (Å²) in [6.07, 6.45) is 10.0. The maximum atomic E-state index is 10.4. The molecule has 0 saturated carbocycles. The molecular formula is C16H28O2. The molecule has 0 aromatic carbocycles. The summed E-state index contributed by atoms with van der Waals surface area (Å²) in [6, 6.07) is 0. The summed E-state index contributed by atoms with van der Waals surface area (Å²) in [5, 5.41) is 8.57. The molecule has 0 fully saturated rings. The van der Waals surface area contributed by atoms with Crippen LogP contribution in [0.1, 0.15) is 60.3 Å². The molecule has 0 saturated heterocycles. The Labute approximate surface area is 112 Å². The van der Waals surface area contributed by atoms with Gasteiger partial charge in [-0.25, -0.2) is 4.79 Å². The van der Waals surface area contributed by atoms with Crippen molar-refractivity contribution in [1.82, 2.24) is 0 Å². The monoisotopic (exact) mass is 252 g/mol. The number of allylic oxidation sites excluding steroid dienone is 3. The summed E-state index contributed by atoms with van der Waals surface area (Å²) in [4.78, 5) is 10.4. The quantitative estimate of drug-likeness (QED) is 0.521. The molecule has 0 bridgehead atoms. The average molecular weight is 252 g/mol. The Hall–Kier alpha value is -1.05. The van der Waals surface area contributed by atoms with Gasteiger partial charge in [-0.15, -0.1) is 0 Å². The Kier molecular flexibility index (Phi) is 7.65. The molecule has 0 aliphatic rings. The van der Waals surface area contributed by atoms with Crippen LogP contribution in [0.4, 0.5) is 0 Å². The third-order valence-corrected chi connectivity index (χ3v) is 2.89. The lowest BCUT2D eigenvalue weighted by molar-refractivity contribution is -0.131. The fourth-order valence-electron chi connectivity index (χ4n) is 1.83. The van der Waals surface area contributed by atoms with E-state index in [-0.39, 0.29) is 0 Å². The zero-order chi connectivity index (χ0) is 14.2. The van der Waals surface area contributed by atoms with Crippen molar-refractivity contribution in [2.45, 2.75) is 60.3 Å². The van der Waals surface area contributed by atoms with Crippen molar-refractivity contribution >= 4 is 5.97 Å². The number of hydrogen-bond donors (Lipinski definition) is 1. The summed E-state index contributed by atoms with van der Waals surface area (Å²) in [7, 11) is 0. The minimum atomic E-state index is -0.879. The highest BCUT2D eigenvalue weighted by Gasteiger charge is 2.10. The Balaban J connectivity index is 3.87. The molecule has 104 valence electrons. The highest BCUT2D eigenvalue weighted by Crippen LogP contribution is 2.24. The van der Waals surface area contributed by atoms with Crippen molar-refractivity contribution in [1.29, 1.82) is 0 Å². The van der Waals surface area contributed by atoms with Gasteiger partial charge in [-0.1, -0.05) is 52.7 Å². The highest BCUT2D eigenvalue weighted by molar-refractivity contribution is 5.81. The summed E-state index contributed by atoms with van der Waals surface area (Å²) in [6.45, 7) is 10.9. The van der Waals surface area contributed by atoms with Gasteiger partial charge in [-0.3, -0.25) is 0 Å². The predicted octanol–water partition coefficient (Wildman–Crippen LogP) is 4.82. The minimum Gasteiger partial charge on any atom is -0.478 e. The molecule has 0 aliphatic heterocycles. The molecule has 0 amide bonds. The van der Waals surface area contributed by atoms with E-state index in [0.29, 0.717) is 11.3 Å². The van der Waals surface area contributed by atoms with Gasteiger partial charge in [0.1, 0.15) is 0 Å². The molecule has 0 aromatic rings. The second kappa shape index (κ2) is 8.12. The van der Waals surface area contributed by atoms with Gasteiger partial charge in [0.2, 0.25) is 0 Å². The van der Waals surface area contributed by atoms with Crippen LogP contribution in [0, 0.1) is 11.3 Å². The number of carboxylic acid groups (broad SMARTS) is 1. The van der Waals surface area contributed by atoms with Gasteiger partial charge < -0.3 is 5.11 Å². The van der Waals surface area contributed by atoms with Crippen molar-refractivity contribution in [2.24, 2.45) is 11.3 Å². The molecule has 1 atom stereocenters. The van der Waals surface area contributed by atoms with Crippen LogP contribution in [0.2, 0.25) is 0 Å². The number of carboxylic acids is 1. The van der Waals surface area contributed by atoms with E-state index < -0.39 is 5.97 Å². The van der Waals surface area contributed by atoms with Gasteiger partial charge in [-0.05, 0) is 36.7 Å². The van der Waals surface area contributed by atoms with E-state index in [9.17, 15) is 4.79 Å². The fourth-order valence-corrected chi connectivity index (χ4v) is 1.83. The first-order valence-electron chi connectivity index (χ1n) is 6.78. The van der Waals surface area contributed by atoms with Crippen molar-refractivity contribution in [3.8, 4) is 0 Å². The molecule has 0 spiro atoms. The molecule has 0 aliphatic carbocycles. The van der Waals surface area contributed by atoms with E-state index in [0.717, 1.165) is 12.0 Å². The maximum absolute atomic E-state index is 10.4. The van der Waals surface area contributed by atoms with Crippen LogP contribution in [-0.2, 0) is 4.79 Å². The topological polar surface area (TPSA) is 37.3 Å². The zero-order valence-electron chi connectivity index (χ0n) is 12.5. The van der Waals surface area contributed by atoms with Crippen molar-refractivity contribution in [3.63, 3.8) is 0 Å². The standard InChI is InChI=1S/C16H28O2/c1-13(10-7-11-16(3,4)5)8-6-9-14(2)12-15(17)18/h6,9,12-13H,7-8,10-11H2,1-5H3,(H,17,18)/b9-6+,14-12+. The SMILES string of the molecule is CC(/C=C/CC(C)CCCC(C)(C)C)=C\C(=O)O. The van der Waals surface area contributed by atoms with Crippen LogP contribution in [-0.4, -0.2) is 11.1 Å². The van der Waals surface area contributed by atoms with E-state index in [1.54, 1.807) is 0 Å². The molecule has 0 radical (unpaired) electrons. The number of rotatable bonds is 7. The normalized spacial score (nSPS) is 15.1. The highest BCUT2D eigenvalue weighted by atomic mass is 16.4. The Morgan fingerprint density at radius 3 is 2.44 bits per heavy atom. The van der Waals surface area contributed by atoms with Crippen LogP contribution in [0.15, 0.2) is 23.8 Å². The van der Waals surface area contributed by atoms with Gasteiger partial charge in [-0.2, -0.15) is 0 Å². The lowest BCUT2D eigenvalue weighted by Gasteiger charge is -2.18. The zero-order valence-corrected chi connectivity index (χ0v) is 12.5. The molecule has 1 N–H and O–H groups in total. The van der Waals surface area contributed by atoms with E-state index in [1.807, 2.05) is 13.0 Å². The number of hydrogen-bond acceptors (Lipinski definition) is 1. The first-order valence-corrected chi connectivity index (χ1v) is 6.78. The molecule has 0 rings (SSSR count). The smallest absolute Gasteiger partial charge is 0.328 e. The van der Waals surface area contributed by atoms with E-state index >= 15 is 0 Å². The van der Waals surface area contributed by atoms with E-state index in [1.165, 1.54) is 25.3 Å². The Morgan fingerprint density at radius 1 is 1.33 bits per heavy atom. The van der Waals surface area contributed by atoms with Crippen LogP contribution in [0.25, 0.3) is 0 Å². The molecule has 18 heavy (non-hydrogen) atoms. The van der Waals surface area contributed by atoms with E-state index in [4.69, 9.17) is 5.11 Å².